The van der Waals surface area contributed by atoms with E-state index in [0.717, 1.165) is 35.2 Å². The molecule has 0 radical (unpaired) electrons. The first-order chi connectivity index (χ1) is 12.3. The number of hydrogen-bond acceptors (Lipinski definition) is 2. The Kier molecular flexibility index (Phi) is 4.16. The second-order valence-electron chi connectivity index (χ2n) is 7.46. The van der Waals surface area contributed by atoms with Crippen molar-refractivity contribution >= 4 is 20.9 Å². The van der Waals surface area contributed by atoms with Crippen molar-refractivity contribution in [2.24, 2.45) is 0 Å². The van der Waals surface area contributed by atoms with Crippen LogP contribution in [0.2, 0.25) is 0 Å². The van der Waals surface area contributed by atoms with Gasteiger partial charge in [0.05, 0.1) is 4.90 Å². The van der Waals surface area contributed by atoms with Gasteiger partial charge in [-0.3, -0.25) is 0 Å². The van der Waals surface area contributed by atoms with Crippen molar-refractivity contribution in [2.75, 3.05) is 0 Å². The summed E-state index contributed by atoms with van der Waals surface area (Å²) >= 11 is 0. The summed E-state index contributed by atoms with van der Waals surface area (Å²) in [6.45, 7) is 5.85. The largest absolute Gasteiger partial charge is 0.358 e. The quantitative estimate of drug-likeness (QED) is 0.736. The molecule has 4 rings (SSSR count). The van der Waals surface area contributed by atoms with E-state index in [4.69, 9.17) is 0 Å². The molecule has 0 fully saturated rings. The Morgan fingerprint density at radius 3 is 2.58 bits per heavy atom. The third-order valence-corrected chi connectivity index (χ3v) is 6.96. The van der Waals surface area contributed by atoms with Crippen LogP contribution in [0, 0.1) is 20.8 Å². The highest BCUT2D eigenvalue weighted by molar-refractivity contribution is 7.89. The number of fused-ring (bicyclic) bond motifs is 3. The van der Waals surface area contributed by atoms with Crippen molar-refractivity contribution in [3.8, 4) is 0 Å². The van der Waals surface area contributed by atoms with Crippen molar-refractivity contribution < 1.29 is 8.42 Å². The molecule has 136 valence electrons. The Morgan fingerprint density at radius 2 is 1.77 bits per heavy atom. The van der Waals surface area contributed by atoms with Gasteiger partial charge >= 0.3 is 0 Å². The van der Waals surface area contributed by atoms with Crippen LogP contribution in [0.15, 0.2) is 41.3 Å². The summed E-state index contributed by atoms with van der Waals surface area (Å²) in [4.78, 5) is 3.87. The van der Waals surface area contributed by atoms with Crippen molar-refractivity contribution in [1.82, 2.24) is 9.71 Å². The highest BCUT2D eigenvalue weighted by atomic mass is 32.2. The van der Waals surface area contributed by atoms with Gasteiger partial charge in [0.1, 0.15) is 0 Å². The minimum atomic E-state index is -3.52. The number of aryl methyl sites for hydroxylation is 4. The molecule has 0 aliphatic heterocycles. The highest BCUT2D eigenvalue weighted by Crippen LogP contribution is 2.30. The van der Waals surface area contributed by atoms with Crippen molar-refractivity contribution in [1.29, 1.82) is 0 Å². The summed E-state index contributed by atoms with van der Waals surface area (Å²) < 4.78 is 28.7. The van der Waals surface area contributed by atoms with E-state index in [9.17, 15) is 8.42 Å². The third kappa shape index (κ3) is 3.06. The van der Waals surface area contributed by atoms with Gasteiger partial charge in [0.25, 0.3) is 0 Å². The van der Waals surface area contributed by atoms with E-state index in [2.05, 4.69) is 34.8 Å². The van der Waals surface area contributed by atoms with E-state index in [1.54, 1.807) is 6.07 Å². The minimum Gasteiger partial charge on any atom is -0.358 e. The Bertz CT molecular complexity index is 1100. The molecule has 0 bridgehead atoms. The van der Waals surface area contributed by atoms with Crippen LogP contribution in [-0.4, -0.2) is 19.4 Å². The molecule has 1 aliphatic carbocycles. The number of hydrogen-bond donors (Lipinski definition) is 2. The Hall–Kier alpha value is -2.11. The summed E-state index contributed by atoms with van der Waals surface area (Å²) in [7, 11) is -3.52. The molecule has 1 unspecified atom stereocenters. The fourth-order valence-corrected chi connectivity index (χ4v) is 5.52. The zero-order chi connectivity index (χ0) is 18.5. The van der Waals surface area contributed by atoms with Crippen molar-refractivity contribution in [2.45, 2.75) is 51.0 Å². The second-order valence-corrected chi connectivity index (χ2v) is 9.14. The first-order valence-corrected chi connectivity index (χ1v) is 10.5. The van der Waals surface area contributed by atoms with E-state index in [0.29, 0.717) is 11.3 Å². The molecule has 4 nitrogen and oxygen atoms in total. The first-order valence-electron chi connectivity index (χ1n) is 9.03. The van der Waals surface area contributed by atoms with E-state index < -0.39 is 10.0 Å². The normalized spacial score (nSPS) is 17.4. The number of rotatable bonds is 3. The molecule has 2 aromatic carbocycles. The van der Waals surface area contributed by atoms with E-state index in [-0.39, 0.29) is 6.04 Å². The van der Waals surface area contributed by atoms with Gasteiger partial charge in [0.15, 0.2) is 0 Å². The molecule has 1 aromatic heterocycles. The standard InChI is InChI=1S/C21H24N2O2S/c1-13-5-9-19-18(10-13)17-8-7-16(12-20(17)22-19)23-26(24,25)21-11-14(2)4-6-15(21)3/h4-6,9-11,16,22-23H,7-8,12H2,1-3H3. The lowest BCUT2D eigenvalue weighted by Gasteiger charge is -2.24. The first kappa shape index (κ1) is 17.3. The maximum absolute atomic E-state index is 12.9. The van der Waals surface area contributed by atoms with Gasteiger partial charge in [-0.05, 0) is 68.5 Å². The zero-order valence-corrected chi connectivity index (χ0v) is 16.2. The number of benzene rings is 2. The molecular weight excluding hydrogens is 344 g/mol. The van der Waals surface area contributed by atoms with Gasteiger partial charge in [0, 0.05) is 29.1 Å². The summed E-state index contributed by atoms with van der Waals surface area (Å²) in [6.07, 6.45) is 2.41. The van der Waals surface area contributed by atoms with Crippen LogP contribution in [0.4, 0.5) is 0 Å². The van der Waals surface area contributed by atoms with E-state index >= 15 is 0 Å². The predicted octanol–water partition coefficient (Wildman–Crippen LogP) is 3.93. The summed E-state index contributed by atoms with van der Waals surface area (Å²) in [6, 6.07) is 11.9. The van der Waals surface area contributed by atoms with Crippen LogP contribution in [0.5, 0.6) is 0 Å². The molecule has 3 aromatic rings. The third-order valence-electron chi connectivity index (χ3n) is 5.30. The fourth-order valence-electron chi connectivity index (χ4n) is 3.92. The van der Waals surface area contributed by atoms with Gasteiger partial charge in [-0.2, -0.15) is 0 Å². The second kappa shape index (κ2) is 6.25. The molecule has 0 saturated heterocycles. The molecule has 2 N–H and O–H groups in total. The summed E-state index contributed by atoms with van der Waals surface area (Å²) in [5.74, 6) is 0. The summed E-state index contributed by atoms with van der Waals surface area (Å²) in [5, 5.41) is 1.27. The number of aromatic nitrogens is 1. The lowest BCUT2D eigenvalue weighted by molar-refractivity contribution is 0.505. The predicted molar refractivity (Wildman–Crippen MR) is 105 cm³/mol. The Morgan fingerprint density at radius 1 is 1.04 bits per heavy atom. The van der Waals surface area contributed by atoms with Gasteiger partial charge in [-0.25, -0.2) is 13.1 Å². The van der Waals surface area contributed by atoms with Crippen molar-refractivity contribution in [3.63, 3.8) is 0 Å². The fraction of sp³-hybridized carbons (Fsp3) is 0.333. The van der Waals surface area contributed by atoms with Crippen LogP contribution in [0.25, 0.3) is 10.9 Å². The Balaban J connectivity index is 1.61. The molecule has 0 amide bonds. The number of sulfonamides is 1. The van der Waals surface area contributed by atoms with E-state index in [1.807, 2.05) is 26.0 Å². The molecule has 0 saturated carbocycles. The van der Waals surface area contributed by atoms with Gasteiger partial charge in [-0.15, -0.1) is 0 Å². The molecule has 1 aliphatic rings. The maximum Gasteiger partial charge on any atom is 0.241 e. The minimum absolute atomic E-state index is 0.0819. The SMILES string of the molecule is Cc1ccc(C)c(S(=O)(=O)NC2CCc3c([nH]c4ccc(C)cc34)C2)c1. The van der Waals surface area contributed by atoms with Crippen LogP contribution in [0.3, 0.4) is 0 Å². The molecule has 26 heavy (non-hydrogen) atoms. The highest BCUT2D eigenvalue weighted by Gasteiger charge is 2.27. The number of aromatic amines is 1. The van der Waals surface area contributed by atoms with Gasteiger partial charge in [-0.1, -0.05) is 23.8 Å². The summed E-state index contributed by atoms with van der Waals surface area (Å²) in [5.41, 5.74) is 6.61. The van der Waals surface area contributed by atoms with Crippen LogP contribution in [-0.2, 0) is 22.9 Å². The lowest BCUT2D eigenvalue weighted by atomic mass is 9.92. The van der Waals surface area contributed by atoms with Crippen LogP contribution in [0.1, 0.15) is 34.4 Å². The molecular formula is C21H24N2O2S. The maximum atomic E-state index is 12.9. The van der Waals surface area contributed by atoms with E-state index in [1.165, 1.54) is 16.5 Å². The van der Waals surface area contributed by atoms with Crippen LogP contribution >= 0.6 is 0 Å². The van der Waals surface area contributed by atoms with Crippen LogP contribution < -0.4 is 4.72 Å². The molecule has 0 spiro atoms. The van der Waals surface area contributed by atoms with Crippen molar-refractivity contribution in [3.05, 3.63) is 64.3 Å². The zero-order valence-electron chi connectivity index (χ0n) is 15.4. The monoisotopic (exact) mass is 368 g/mol. The average Bonchev–Trinajstić information content (AvgIpc) is 2.93. The number of H-pyrrole nitrogens is 1. The molecule has 5 heteroatoms. The molecule has 1 heterocycles. The average molecular weight is 369 g/mol. The molecule has 1 atom stereocenters. The topological polar surface area (TPSA) is 62.0 Å². The number of nitrogens with one attached hydrogen (secondary N) is 2. The van der Waals surface area contributed by atoms with Gasteiger partial charge in [0.2, 0.25) is 10.0 Å². The lowest BCUT2D eigenvalue weighted by Crippen LogP contribution is -2.39. The van der Waals surface area contributed by atoms with Gasteiger partial charge < -0.3 is 4.98 Å². The smallest absolute Gasteiger partial charge is 0.241 e. The Labute approximate surface area is 154 Å².